The standard InChI is InChI=1S/C20H23N3O2S/c1-14-2-4-15(5-3-14)8-19(24)22-9-16-6-7-18(11-22)23(20(16)25)10-17-12-26-13-21-17/h2-5,12-13,16,18H,6-11H2,1H3. The smallest absolute Gasteiger partial charge is 0.228 e. The molecular formula is C20H23N3O2S. The predicted octanol–water partition coefficient (Wildman–Crippen LogP) is 2.64. The number of thiazole rings is 1. The largest absolute Gasteiger partial charge is 0.340 e. The number of hydrogen-bond acceptors (Lipinski definition) is 4. The Balaban J connectivity index is 1.47. The lowest BCUT2D eigenvalue weighted by molar-refractivity contribution is -0.140. The van der Waals surface area contributed by atoms with Crippen LogP contribution in [0.4, 0.5) is 0 Å². The Morgan fingerprint density at radius 2 is 2.04 bits per heavy atom. The molecule has 2 aromatic rings. The Hall–Kier alpha value is -2.21. The molecule has 0 spiro atoms. The normalized spacial score (nSPS) is 22.6. The Bertz CT molecular complexity index is 788. The van der Waals surface area contributed by atoms with E-state index < -0.39 is 0 Å². The number of aryl methyl sites for hydroxylation is 1. The zero-order valence-electron chi connectivity index (χ0n) is 14.9. The van der Waals surface area contributed by atoms with E-state index in [1.165, 1.54) is 5.56 Å². The molecular weight excluding hydrogens is 346 g/mol. The number of hydrogen-bond donors (Lipinski definition) is 0. The number of carbonyl (C=O) groups excluding carboxylic acids is 2. The monoisotopic (exact) mass is 369 g/mol. The summed E-state index contributed by atoms with van der Waals surface area (Å²) in [5, 5.41) is 1.99. The van der Waals surface area contributed by atoms with Crippen molar-refractivity contribution in [3.63, 3.8) is 0 Å². The van der Waals surface area contributed by atoms with E-state index in [4.69, 9.17) is 0 Å². The van der Waals surface area contributed by atoms with E-state index in [-0.39, 0.29) is 23.8 Å². The molecule has 5 nitrogen and oxygen atoms in total. The van der Waals surface area contributed by atoms with E-state index >= 15 is 0 Å². The second-order valence-electron chi connectivity index (χ2n) is 7.34. The number of benzene rings is 1. The quantitative estimate of drug-likeness (QED) is 0.833. The van der Waals surface area contributed by atoms with E-state index in [0.29, 0.717) is 26.1 Å². The molecule has 1 aromatic heterocycles. The molecule has 0 aliphatic carbocycles. The molecule has 6 heteroatoms. The van der Waals surface area contributed by atoms with Crippen LogP contribution in [0.2, 0.25) is 0 Å². The van der Waals surface area contributed by atoms with Gasteiger partial charge in [0.05, 0.1) is 30.1 Å². The van der Waals surface area contributed by atoms with Crippen molar-refractivity contribution in [2.45, 2.75) is 38.8 Å². The number of aromatic nitrogens is 1. The third-order valence-corrected chi connectivity index (χ3v) is 6.07. The number of amides is 2. The van der Waals surface area contributed by atoms with Crippen molar-refractivity contribution < 1.29 is 9.59 Å². The Kier molecular flexibility index (Phi) is 4.76. The van der Waals surface area contributed by atoms with Crippen LogP contribution in [-0.4, -0.2) is 45.7 Å². The van der Waals surface area contributed by atoms with Crippen LogP contribution < -0.4 is 0 Å². The van der Waals surface area contributed by atoms with Crippen LogP contribution in [0.5, 0.6) is 0 Å². The molecule has 2 amide bonds. The third kappa shape index (κ3) is 3.51. The average Bonchev–Trinajstić information content (AvgIpc) is 2.99. The lowest BCUT2D eigenvalue weighted by atomic mass is 9.94. The first kappa shape index (κ1) is 17.2. The first-order valence-corrected chi connectivity index (χ1v) is 10.1. The number of carbonyl (C=O) groups is 2. The minimum absolute atomic E-state index is 0.0747. The molecule has 3 aliphatic rings. The molecule has 0 radical (unpaired) electrons. The van der Waals surface area contributed by atoms with Crippen LogP contribution in [0.15, 0.2) is 35.2 Å². The summed E-state index contributed by atoms with van der Waals surface area (Å²) < 4.78 is 0. The molecule has 1 aromatic carbocycles. The van der Waals surface area contributed by atoms with Crippen LogP contribution in [0, 0.1) is 12.8 Å². The van der Waals surface area contributed by atoms with Crippen LogP contribution in [0.3, 0.4) is 0 Å². The molecule has 0 N–H and O–H groups in total. The van der Waals surface area contributed by atoms with Crippen LogP contribution in [0.25, 0.3) is 0 Å². The van der Waals surface area contributed by atoms with Crippen molar-refractivity contribution in [2.24, 2.45) is 5.92 Å². The van der Waals surface area contributed by atoms with Crippen molar-refractivity contribution in [3.8, 4) is 0 Å². The van der Waals surface area contributed by atoms with Gasteiger partial charge in [0.15, 0.2) is 0 Å². The van der Waals surface area contributed by atoms with Gasteiger partial charge in [-0.15, -0.1) is 11.3 Å². The zero-order chi connectivity index (χ0) is 18.1. The van der Waals surface area contributed by atoms with Crippen molar-refractivity contribution in [3.05, 3.63) is 52.0 Å². The molecule has 26 heavy (non-hydrogen) atoms. The van der Waals surface area contributed by atoms with Gasteiger partial charge in [0, 0.05) is 24.5 Å². The van der Waals surface area contributed by atoms with Crippen LogP contribution in [0.1, 0.15) is 29.7 Å². The molecule has 2 atom stereocenters. The van der Waals surface area contributed by atoms with E-state index in [2.05, 4.69) is 4.98 Å². The fourth-order valence-corrected chi connectivity index (χ4v) is 4.48. The Morgan fingerprint density at radius 3 is 2.77 bits per heavy atom. The summed E-state index contributed by atoms with van der Waals surface area (Å²) in [7, 11) is 0. The van der Waals surface area contributed by atoms with Gasteiger partial charge in [-0.3, -0.25) is 9.59 Å². The molecule has 136 valence electrons. The molecule has 2 bridgehead atoms. The predicted molar refractivity (Wildman–Crippen MR) is 101 cm³/mol. The minimum Gasteiger partial charge on any atom is -0.340 e. The SMILES string of the molecule is Cc1ccc(CC(=O)N2CC3CCC(C2)N(Cc2cscn2)C3=O)cc1. The zero-order valence-corrected chi connectivity index (χ0v) is 15.7. The Labute approximate surface area is 157 Å². The third-order valence-electron chi connectivity index (χ3n) is 5.44. The van der Waals surface area contributed by atoms with E-state index in [9.17, 15) is 9.59 Å². The number of fused-ring (bicyclic) bond motifs is 4. The van der Waals surface area contributed by atoms with E-state index in [0.717, 1.165) is 24.1 Å². The van der Waals surface area contributed by atoms with Crippen molar-refractivity contribution in [2.75, 3.05) is 13.1 Å². The summed E-state index contributed by atoms with van der Waals surface area (Å²) in [6.07, 6.45) is 2.25. The highest BCUT2D eigenvalue weighted by Gasteiger charge is 2.41. The molecule has 0 saturated carbocycles. The molecule has 3 saturated heterocycles. The topological polar surface area (TPSA) is 53.5 Å². The van der Waals surface area contributed by atoms with Crippen molar-refractivity contribution in [1.82, 2.24) is 14.8 Å². The summed E-state index contributed by atoms with van der Waals surface area (Å²) in [6.45, 7) is 3.79. The fraction of sp³-hybridized carbons (Fsp3) is 0.450. The first-order chi connectivity index (χ1) is 12.6. The molecule has 2 unspecified atom stereocenters. The second-order valence-corrected chi connectivity index (χ2v) is 8.05. The van der Waals surface area contributed by atoms with Crippen LogP contribution in [-0.2, 0) is 22.6 Å². The van der Waals surface area contributed by atoms with Gasteiger partial charge in [-0.1, -0.05) is 29.8 Å². The summed E-state index contributed by atoms with van der Waals surface area (Å²) in [6, 6.07) is 8.20. The van der Waals surface area contributed by atoms with Gasteiger partial charge in [0.2, 0.25) is 11.8 Å². The lowest BCUT2D eigenvalue weighted by Gasteiger charge is -2.35. The highest BCUT2D eigenvalue weighted by molar-refractivity contribution is 7.07. The molecule has 5 rings (SSSR count). The van der Waals surface area contributed by atoms with Crippen LogP contribution >= 0.6 is 11.3 Å². The van der Waals surface area contributed by atoms with Gasteiger partial charge in [-0.25, -0.2) is 4.98 Å². The molecule has 4 heterocycles. The average molecular weight is 369 g/mol. The fourth-order valence-electron chi connectivity index (χ4n) is 3.93. The number of piperidine rings is 1. The van der Waals surface area contributed by atoms with Gasteiger partial charge in [-0.2, -0.15) is 0 Å². The molecule has 3 fully saturated rings. The number of nitrogens with zero attached hydrogens (tertiary/aromatic N) is 3. The first-order valence-electron chi connectivity index (χ1n) is 9.11. The molecule has 3 aliphatic heterocycles. The van der Waals surface area contributed by atoms with Gasteiger partial charge in [0.1, 0.15) is 0 Å². The lowest BCUT2D eigenvalue weighted by Crippen LogP contribution is -2.47. The number of rotatable bonds is 4. The van der Waals surface area contributed by atoms with Gasteiger partial charge in [-0.05, 0) is 25.3 Å². The summed E-state index contributed by atoms with van der Waals surface area (Å²) in [4.78, 5) is 33.9. The van der Waals surface area contributed by atoms with Gasteiger partial charge < -0.3 is 9.80 Å². The van der Waals surface area contributed by atoms with Gasteiger partial charge in [0.25, 0.3) is 0 Å². The van der Waals surface area contributed by atoms with Crippen molar-refractivity contribution >= 4 is 23.2 Å². The summed E-state index contributed by atoms with van der Waals surface area (Å²) in [5.41, 5.74) is 4.96. The van der Waals surface area contributed by atoms with E-state index in [1.54, 1.807) is 16.8 Å². The maximum atomic E-state index is 12.9. The summed E-state index contributed by atoms with van der Waals surface area (Å²) in [5.74, 6) is 0.225. The summed E-state index contributed by atoms with van der Waals surface area (Å²) >= 11 is 1.55. The maximum absolute atomic E-state index is 12.9. The van der Waals surface area contributed by atoms with E-state index in [1.807, 2.05) is 46.4 Å². The highest BCUT2D eigenvalue weighted by Crippen LogP contribution is 2.30. The highest BCUT2D eigenvalue weighted by atomic mass is 32.1. The second kappa shape index (κ2) is 7.19. The van der Waals surface area contributed by atoms with Crippen molar-refractivity contribution in [1.29, 1.82) is 0 Å². The minimum atomic E-state index is -0.0747. The Morgan fingerprint density at radius 1 is 1.23 bits per heavy atom. The maximum Gasteiger partial charge on any atom is 0.228 e. The van der Waals surface area contributed by atoms with Gasteiger partial charge >= 0.3 is 0 Å².